The van der Waals surface area contributed by atoms with Gasteiger partial charge in [-0.15, -0.1) is 0 Å². The highest BCUT2D eigenvalue weighted by atomic mass is 127. The number of benzene rings is 2. The molecule has 0 fully saturated rings. The molecule has 100 valence electrons. The van der Waals surface area contributed by atoms with Gasteiger partial charge in [-0.25, -0.2) is 0 Å². The Bertz CT molecular complexity index is 696. The zero-order chi connectivity index (χ0) is 14.0. The molecule has 0 spiro atoms. The molecule has 1 N–H and O–H groups in total. The van der Waals surface area contributed by atoms with Crippen molar-refractivity contribution < 1.29 is 16.0 Å². The van der Waals surface area contributed by atoms with E-state index in [9.17, 15) is 13.5 Å². The minimum atomic E-state index is -3.94. The first-order chi connectivity index (χ1) is 8.97. The zero-order valence-corrected chi connectivity index (χ0v) is 13.0. The van der Waals surface area contributed by atoms with E-state index in [1.54, 1.807) is 6.07 Å². The lowest BCUT2D eigenvalue weighted by Gasteiger charge is -2.12. The largest absolute Gasteiger partial charge is 0.506 e. The van der Waals surface area contributed by atoms with Crippen molar-refractivity contribution >= 4 is 33.1 Å². The summed E-state index contributed by atoms with van der Waals surface area (Å²) in [6.45, 7) is 1.81. The van der Waals surface area contributed by atoms with Gasteiger partial charge in [0.2, 0.25) is 0 Å². The normalized spacial score (nSPS) is 11.5. The van der Waals surface area contributed by atoms with Crippen LogP contribution in [0.5, 0.6) is 5.75 Å². The molecular formula is C13H11IO4S. The van der Waals surface area contributed by atoms with E-state index in [1.807, 2.05) is 37.3 Å². The molecule has 0 bridgehead atoms. The molecular weight excluding hydrogens is 379 g/mol. The summed E-state index contributed by atoms with van der Waals surface area (Å²) in [5, 5.41) is 10.2. The smallest absolute Gasteiger partial charge is 0.309 e. The lowest BCUT2D eigenvalue weighted by atomic mass is 10.00. The summed E-state index contributed by atoms with van der Waals surface area (Å²) < 4.78 is 27.9. The summed E-state index contributed by atoms with van der Waals surface area (Å²) in [5.74, 6) is -0.289. The molecule has 0 aromatic heterocycles. The Labute approximate surface area is 125 Å². The highest BCUT2D eigenvalue weighted by Gasteiger charge is 2.22. The summed E-state index contributed by atoms with van der Waals surface area (Å²) in [7, 11) is -3.94. The van der Waals surface area contributed by atoms with Crippen LogP contribution in [0.25, 0.3) is 11.1 Å². The van der Waals surface area contributed by atoms with Crippen molar-refractivity contribution in [3.8, 4) is 16.9 Å². The fourth-order valence-electron chi connectivity index (χ4n) is 1.88. The molecule has 2 rings (SSSR count). The van der Waals surface area contributed by atoms with E-state index in [-0.39, 0.29) is 10.6 Å². The molecule has 0 saturated carbocycles. The second-order valence-corrected chi connectivity index (χ2v) is 6.54. The summed E-state index contributed by atoms with van der Waals surface area (Å²) >= 11 is 1.29. The van der Waals surface area contributed by atoms with Gasteiger partial charge < -0.3 is 5.11 Å². The summed E-state index contributed by atoms with van der Waals surface area (Å²) in [6, 6.07) is 12.1. The molecule has 0 saturated heterocycles. The third-order valence-electron chi connectivity index (χ3n) is 2.76. The zero-order valence-electron chi connectivity index (χ0n) is 10.00. The van der Waals surface area contributed by atoms with Gasteiger partial charge in [0.15, 0.2) is 0 Å². The van der Waals surface area contributed by atoms with Gasteiger partial charge >= 0.3 is 10.1 Å². The Balaban J connectivity index is 2.73. The minimum absolute atomic E-state index is 0.230. The van der Waals surface area contributed by atoms with Crippen LogP contribution in [0.1, 0.15) is 5.56 Å². The highest BCUT2D eigenvalue weighted by Crippen LogP contribution is 2.38. The number of halogens is 1. The predicted octanol–water partition coefficient (Wildman–Crippen LogP) is 3.42. The van der Waals surface area contributed by atoms with Crippen molar-refractivity contribution in [2.24, 2.45) is 0 Å². The van der Waals surface area contributed by atoms with Gasteiger partial charge in [0, 0.05) is 5.56 Å². The van der Waals surface area contributed by atoms with Gasteiger partial charge in [0.1, 0.15) is 33.7 Å². The van der Waals surface area contributed by atoms with E-state index in [0.717, 1.165) is 11.1 Å². The monoisotopic (exact) mass is 390 g/mol. The standard InChI is InChI=1S/C13H11IO4S/c1-9-7-8-11(19(16,17)18-14)13(15)12(9)10-5-3-2-4-6-10/h2-8,15H,1H3. The molecule has 0 heterocycles. The van der Waals surface area contributed by atoms with Crippen LogP contribution in [0.2, 0.25) is 0 Å². The van der Waals surface area contributed by atoms with E-state index in [4.69, 9.17) is 0 Å². The third-order valence-corrected chi connectivity index (χ3v) is 5.22. The quantitative estimate of drug-likeness (QED) is 0.816. The molecule has 6 heteroatoms. The number of phenolic OH excluding ortho intramolecular Hbond substituents is 1. The van der Waals surface area contributed by atoms with E-state index in [1.165, 1.54) is 29.1 Å². The van der Waals surface area contributed by atoms with Crippen molar-refractivity contribution in [3.05, 3.63) is 48.0 Å². The molecule has 0 radical (unpaired) electrons. The van der Waals surface area contributed by atoms with E-state index >= 15 is 0 Å². The lowest BCUT2D eigenvalue weighted by Crippen LogP contribution is -2.01. The first-order valence-electron chi connectivity index (χ1n) is 5.40. The molecule has 0 aliphatic carbocycles. The lowest BCUT2D eigenvalue weighted by molar-refractivity contribution is 0.455. The second-order valence-electron chi connectivity index (χ2n) is 3.99. The number of hydrogen-bond donors (Lipinski definition) is 1. The fourth-order valence-corrected chi connectivity index (χ4v) is 3.10. The Hall–Kier alpha value is -1.12. The molecule has 0 amide bonds. The average molecular weight is 390 g/mol. The molecule has 19 heavy (non-hydrogen) atoms. The molecule has 0 aliphatic rings. The van der Waals surface area contributed by atoms with Crippen LogP contribution in [-0.4, -0.2) is 13.5 Å². The van der Waals surface area contributed by atoms with Crippen LogP contribution in [0.15, 0.2) is 47.4 Å². The average Bonchev–Trinajstić information content (AvgIpc) is 2.39. The van der Waals surface area contributed by atoms with Gasteiger partial charge in [-0.2, -0.15) is 10.9 Å². The van der Waals surface area contributed by atoms with Crippen molar-refractivity contribution in [1.82, 2.24) is 0 Å². The van der Waals surface area contributed by atoms with Gasteiger partial charge in [0.25, 0.3) is 0 Å². The van der Waals surface area contributed by atoms with Gasteiger partial charge in [0.05, 0.1) is 0 Å². The van der Waals surface area contributed by atoms with Crippen molar-refractivity contribution in [2.75, 3.05) is 0 Å². The number of rotatable bonds is 3. The van der Waals surface area contributed by atoms with Gasteiger partial charge in [-0.05, 0) is 24.1 Å². The molecule has 0 unspecified atom stereocenters. The van der Waals surface area contributed by atoms with Crippen LogP contribution >= 0.6 is 23.0 Å². The van der Waals surface area contributed by atoms with E-state index in [2.05, 4.69) is 2.51 Å². The van der Waals surface area contributed by atoms with Crippen LogP contribution in [0.4, 0.5) is 0 Å². The molecule has 4 nitrogen and oxygen atoms in total. The minimum Gasteiger partial charge on any atom is -0.506 e. The summed E-state index contributed by atoms with van der Waals surface area (Å²) in [5.41, 5.74) is 2.04. The first kappa shape index (κ1) is 14.3. The third kappa shape index (κ3) is 2.75. The van der Waals surface area contributed by atoms with E-state index in [0.29, 0.717) is 5.56 Å². The van der Waals surface area contributed by atoms with Crippen LogP contribution in [0.3, 0.4) is 0 Å². The second kappa shape index (κ2) is 5.48. The Morgan fingerprint density at radius 3 is 2.32 bits per heavy atom. The number of aromatic hydroxyl groups is 1. The summed E-state index contributed by atoms with van der Waals surface area (Å²) in [4.78, 5) is -0.230. The number of phenols is 1. The molecule has 0 aliphatic heterocycles. The Morgan fingerprint density at radius 1 is 1.11 bits per heavy atom. The molecule has 2 aromatic rings. The maximum Gasteiger partial charge on any atom is 0.309 e. The van der Waals surface area contributed by atoms with Crippen LogP contribution in [0, 0.1) is 6.92 Å². The topological polar surface area (TPSA) is 63.6 Å². The van der Waals surface area contributed by atoms with Crippen molar-refractivity contribution in [2.45, 2.75) is 11.8 Å². The van der Waals surface area contributed by atoms with Crippen LogP contribution < -0.4 is 0 Å². The van der Waals surface area contributed by atoms with Crippen molar-refractivity contribution in [3.63, 3.8) is 0 Å². The number of aryl methyl sites for hydroxylation is 1. The SMILES string of the molecule is Cc1ccc(S(=O)(=O)OI)c(O)c1-c1ccccc1. The Morgan fingerprint density at radius 2 is 1.74 bits per heavy atom. The molecule has 2 aromatic carbocycles. The Kier molecular flexibility index (Phi) is 4.12. The highest BCUT2D eigenvalue weighted by molar-refractivity contribution is 14.1. The van der Waals surface area contributed by atoms with Crippen molar-refractivity contribution in [1.29, 1.82) is 0 Å². The maximum atomic E-state index is 11.7. The first-order valence-corrected chi connectivity index (χ1v) is 7.69. The summed E-state index contributed by atoms with van der Waals surface area (Å²) in [6.07, 6.45) is 0. The predicted molar refractivity (Wildman–Crippen MR) is 80.6 cm³/mol. The van der Waals surface area contributed by atoms with Gasteiger partial charge in [-0.3, -0.25) is 0 Å². The molecule has 0 atom stereocenters. The van der Waals surface area contributed by atoms with Gasteiger partial charge in [-0.1, -0.05) is 36.4 Å². The fraction of sp³-hybridized carbons (Fsp3) is 0.0769. The number of hydrogen-bond acceptors (Lipinski definition) is 4. The maximum absolute atomic E-state index is 11.7. The van der Waals surface area contributed by atoms with Crippen LogP contribution in [-0.2, 0) is 12.6 Å². The van der Waals surface area contributed by atoms with E-state index < -0.39 is 10.1 Å².